The van der Waals surface area contributed by atoms with Crippen LogP contribution in [0.1, 0.15) is 15.9 Å². The fourth-order valence-electron chi connectivity index (χ4n) is 2.73. The van der Waals surface area contributed by atoms with Gasteiger partial charge in [0, 0.05) is 9.86 Å². The minimum Gasteiger partial charge on any atom is -0.493 e. The van der Waals surface area contributed by atoms with Crippen LogP contribution in [0.25, 0.3) is 17.0 Å². The molecule has 28 heavy (non-hydrogen) atoms. The molecule has 0 atom stereocenters. The van der Waals surface area contributed by atoms with Crippen LogP contribution in [0.4, 0.5) is 0 Å². The van der Waals surface area contributed by atoms with Crippen molar-refractivity contribution in [3.63, 3.8) is 0 Å². The summed E-state index contributed by atoms with van der Waals surface area (Å²) in [6.07, 6.45) is 2.87. The predicted molar refractivity (Wildman–Crippen MR) is 110 cm³/mol. The lowest BCUT2D eigenvalue weighted by Gasteiger charge is -2.12. The highest BCUT2D eigenvalue weighted by Crippen LogP contribution is 2.38. The van der Waals surface area contributed by atoms with Crippen molar-refractivity contribution in [1.82, 2.24) is 0 Å². The summed E-state index contributed by atoms with van der Waals surface area (Å²) < 4.78 is 21.9. The van der Waals surface area contributed by atoms with Crippen molar-refractivity contribution in [1.29, 1.82) is 0 Å². The van der Waals surface area contributed by atoms with Gasteiger partial charge in [0.15, 0.2) is 17.3 Å². The van der Waals surface area contributed by atoms with Crippen LogP contribution >= 0.6 is 15.9 Å². The third kappa shape index (κ3) is 3.94. The summed E-state index contributed by atoms with van der Waals surface area (Å²) in [7, 11) is 4.53. The van der Waals surface area contributed by atoms with E-state index in [1.807, 2.05) is 0 Å². The number of methoxy groups -OCH3 is 3. The first-order valence-electron chi connectivity index (χ1n) is 8.22. The third-order valence-electron chi connectivity index (χ3n) is 4.07. The number of ether oxygens (including phenoxy) is 3. The fraction of sp³-hybridized carbons (Fsp3) is 0.143. The lowest BCUT2D eigenvalue weighted by molar-refractivity contribution is 0.104. The van der Waals surface area contributed by atoms with Crippen molar-refractivity contribution in [2.24, 2.45) is 0 Å². The van der Waals surface area contributed by atoms with Crippen LogP contribution in [0.15, 0.2) is 56.2 Å². The number of ketones is 1. The maximum atomic E-state index is 12.6. The second-order valence-electron chi connectivity index (χ2n) is 5.79. The maximum Gasteiger partial charge on any atom is 0.347 e. The van der Waals surface area contributed by atoms with Gasteiger partial charge < -0.3 is 18.6 Å². The van der Waals surface area contributed by atoms with E-state index in [4.69, 9.17) is 18.6 Å². The number of benzene rings is 2. The van der Waals surface area contributed by atoms with Crippen LogP contribution in [0, 0.1) is 0 Å². The van der Waals surface area contributed by atoms with Crippen molar-refractivity contribution in [2.75, 3.05) is 21.3 Å². The Bertz CT molecular complexity index is 1100. The molecule has 3 rings (SSSR count). The molecule has 144 valence electrons. The molecule has 0 aliphatic heterocycles. The second kappa shape index (κ2) is 8.31. The number of hydrogen-bond donors (Lipinski definition) is 0. The molecule has 0 spiro atoms. The Labute approximate surface area is 169 Å². The molecule has 0 bridgehead atoms. The zero-order valence-corrected chi connectivity index (χ0v) is 17.0. The smallest absolute Gasteiger partial charge is 0.347 e. The van der Waals surface area contributed by atoms with Crippen LogP contribution in [-0.2, 0) is 0 Å². The number of hydrogen-bond acceptors (Lipinski definition) is 6. The molecule has 0 aliphatic rings. The number of rotatable bonds is 6. The fourth-order valence-corrected chi connectivity index (χ4v) is 3.10. The maximum absolute atomic E-state index is 12.6. The van der Waals surface area contributed by atoms with Gasteiger partial charge in [-0.05, 0) is 48.0 Å². The van der Waals surface area contributed by atoms with E-state index in [2.05, 4.69) is 15.9 Å². The molecule has 0 saturated heterocycles. The van der Waals surface area contributed by atoms with E-state index in [9.17, 15) is 9.59 Å². The number of carbonyl (C=O) groups excluding carboxylic acids is 1. The van der Waals surface area contributed by atoms with E-state index in [1.54, 1.807) is 36.4 Å². The molecule has 0 unspecified atom stereocenters. The average molecular weight is 445 g/mol. The van der Waals surface area contributed by atoms with Gasteiger partial charge in [0.05, 0.1) is 21.3 Å². The van der Waals surface area contributed by atoms with Crippen molar-refractivity contribution >= 4 is 38.8 Å². The largest absolute Gasteiger partial charge is 0.493 e. The molecular formula is C21H17BrO6. The Morgan fingerprint density at radius 1 is 1.00 bits per heavy atom. The first kappa shape index (κ1) is 19.7. The van der Waals surface area contributed by atoms with E-state index in [0.717, 1.165) is 4.47 Å². The summed E-state index contributed by atoms with van der Waals surface area (Å²) in [4.78, 5) is 24.7. The third-order valence-corrected chi connectivity index (χ3v) is 4.57. The highest BCUT2D eigenvalue weighted by molar-refractivity contribution is 9.10. The van der Waals surface area contributed by atoms with Gasteiger partial charge in [0.25, 0.3) is 0 Å². The first-order chi connectivity index (χ1) is 13.5. The summed E-state index contributed by atoms with van der Waals surface area (Å²) in [6, 6.07) is 10.1. The van der Waals surface area contributed by atoms with Gasteiger partial charge in [-0.1, -0.05) is 22.0 Å². The molecule has 0 aliphatic carbocycles. The van der Waals surface area contributed by atoms with E-state index >= 15 is 0 Å². The van der Waals surface area contributed by atoms with E-state index in [-0.39, 0.29) is 5.56 Å². The lowest BCUT2D eigenvalue weighted by atomic mass is 10.1. The zero-order valence-electron chi connectivity index (χ0n) is 15.4. The highest BCUT2D eigenvalue weighted by atomic mass is 79.9. The van der Waals surface area contributed by atoms with Crippen molar-refractivity contribution in [2.45, 2.75) is 0 Å². The summed E-state index contributed by atoms with van der Waals surface area (Å²) in [5.74, 6) is 0.909. The Kier molecular flexibility index (Phi) is 5.84. The molecule has 0 radical (unpaired) electrons. The molecule has 3 aromatic rings. The van der Waals surface area contributed by atoms with Gasteiger partial charge >= 0.3 is 5.63 Å². The second-order valence-corrected chi connectivity index (χ2v) is 6.70. The summed E-state index contributed by atoms with van der Waals surface area (Å²) >= 11 is 3.36. The van der Waals surface area contributed by atoms with Gasteiger partial charge in [-0.2, -0.15) is 0 Å². The van der Waals surface area contributed by atoms with Gasteiger partial charge in [-0.25, -0.2) is 4.79 Å². The van der Waals surface area contributed by atoms with Crippen LogP contribution in [-0.4, -0.2) is 27.1 Å². The molecule has 0 amide bonds. The molecule has 6 nitrogen and oxygen atoms in total. The molecule has 1 aromatic heterocycles. The minimum absolute atomic E-state index is 0.0470. The van der Waals surface area contributed by atoms with Gasteiger partial charge in [-0.15, -0.1) is 0 Å². The van der Waals surface area contributed by atoms with Gasteiger partial charge in [-0.3, -0.25) is 4.79 Å². The number of fused-ring (bicyclic) bond motifs is 1. The summed E-state index contributed by atoms with van der Waals surface area (Å²) in [5.41, 5.74) is 0.331. The lowest BCUT2D eigenvalue weighted by Crippen LogP contribution is -2.11. The van der Waals surface area contributed by atoms with Gasteiger partial charge in [0.1, 0.15) is 11.1 Å². The number of halogens is 1. The Hall–Kier alpha value is -3.06. The van der Waals surface area contributed by atoms with Crippen molar-refractivity contribution < 1.29 is 23.4 Å². The highest BCUT2D eigenvalue weighted by Gasteiger charge is 2.14. The SMILES string of the molecule is COc1cc(C=CC(=O)c2cc3cc(Br)ccc3oc2=O)cc(OC)c1OC. The monoisotopic (exact) mass is 444 g/mol. The van der Waals surface area contributed by atoms with Gasteiger partial charge in [0.2, 0.25) is 5.75 Å². The molecular weight excluding hydrogens is 428 g/mol. The molecule has 1 heterocycles. The molecule has 0 saturated carbocycles. The Morgan fingerprint density at radius 2 is 1.68 bits per heavy atom. The van der Waals surface area contributed by atoms with E-state index in [1.165, 1.54) is 33.5 Å². The van der Waals surface area contributed by atoms with Crippen LogP contribution in [0.5, 0.6) is 17.2 Å². The predicted octanol–water partition coefficient (Wildman–Crippen LogP) is 4.48. The van der Waals surface area contributed by atoms with Crippen LogP contribution in [0.2, 0.25) is 0 Å². The molecule has 7 heteroatoms. The Morgan fingerprint density at radius 3 is 2.29 bits per heavy atom. The summed E-state index contributed by atoms with van der Waals surface area (Å²) in [5, 5.41) is 0.651. The normalized spacial score (nSPS) is 11.0. The minimum atomic E-state index is -0.686. The average Bonchev–Trinajstić information content (AvgIpc) is 2.70. The zero-order chi connectivity index (χ0) is 20.3. The van der Waals surface area contributed by atoms with E-state index < -0.39 is 11.4 Å². The number of allylic oxidation sites excluding steroid dienone is 1. The molecule has 2 aromatic carbocycles. The van der Waals surface area contributed by atoms with E-state index in [0.29, 0.717) is 33.8 Å². The molecule has 0 fully saturated rings. The van der Waals surface area contributed by atoms with Crippen molar-refractivity contribution in [3.05, 3.63) is 68.5 Å². The summed E-state index contributed by atoms with van der Waals surface area (Å²) in [6.45, 7) is 0. The standard InChI is InChI=1S/C21H17BrO6/c1-25-18-8-12(9-19(26-2)20(18)27-3)4-6-16(23)15-11-13-10-14(22)5-7-17(13)28-21(15)24/h4-11H,1-3H3. The van der Waals surface area contributed by atoms with Crippen LogP contribution in [0.3, 0.4) is 0 Å². The molecule has 0 N–H and O–H groups in total. The quantitative estimate of drug-likeness (QED) is 0.317. The van der Waals surface area contributed by atoms with Crippen LogP contribution < -0.4 is 19.8 Å². The Balaban J connectivity index is 1.97. The first-order valence-corrected chi connectivity index (χ1v) is 9.02. The van der Waals surface area contributed by atoms with Crippen molar-refractivity contribution in [3.8, 4) is 17.2 Å². The topological polar surface area (TPSA) is 75.0 Å². The number of carbonyl (C=O) groups is 1.